The van der Waals surface area contributed by atoms with Crippen molar-refractivity contribution in [3.05, 3.63) is 119 Å². The van der Waals surface area contributed by atoms with E-state index in [9.17, 15) is 14.7 Å². The Morgan fingerprint density at radius 3 is 2.31 bits per heavy atom. The van der Waals surface area contributed by atoms with Crippen molar-refractivity contribution < 1.29 is 9.90 Å². The maximum absolute atomic E-state index is 13.5. The van der Waals surface area contributed by atoms with Crippen LogP contribution in [0.1, 0.15) is 34.6 Å². The number of benzene rings is 4. The fourth-order valence-electron chi connectivity index (χ4n) is 5.89. The number of imidazole rings is 1. The van der Waals surface area contributed by atoms with E-state index in [0.29, 0.717) is 29.9 Å². The number of carbonyl (C=O) groups is 1. The highest BCUT2D eigenvalue weighted by atomic mass is 16.3. The first-order valence-corrected chi connectivity index (χ1v) is 12.1. The average molecular weight is 474 g/mol. The van der Waals surface area contributed by atoms with Gasteiger partial charge in [-0.25, -0.2) is 9.36 Å². The number of aromatic nitrogens is 2. The molecule has 36 heavy (non-hydrogen) atoms. The molecule has 6 nitrogen and oxygen atoms in total. The Morgan fingerprint density at radius 2 is 1.50 bits per heavy atom. The zero-order chi connectivity index (χ0) is 24.4. The van der Waals surface area contributed by atoms with Gasteiger partial charge >= 0.3 is 5.69 Å². The van der Waals surface area contributed by atoms with Gasteiger partial charge in [0, 0.05) is 17.5 Å². The van der Waals surface area contributed by atoms with Gasteiger partial charge in [-0.1, -0.05) is 78.9 Å². The van der Waals surface area contributed by atoms with Gasteiger partial charge < -0.3 is 10.0 Å². The minimum Gasteiger partial charge on any atom is -0.493 e. The Labute approximate surface area is 207 Å². The summed E-state index contributed by atoms with van der Waals surface area (Å²) in [7, 11) is 0. The van der Waals surface area contributed by atoms with Crippen LogP contribution in [0.3, 0.4) is 0 Å². The van der Waals surface area contributed by atoms with Crippen molar-refractivity contribution in [1.82, 2.24) is 14.0 Å². The summed E-state index contributed by atoms with van der Waals surface area (Å²) in [5, 5.41) is 13.2. The van der Waals surface area contributed by atoms with Crippen molar-refractivity contribution >= 4 is 16.7 Å². The minimum absolute atomic E-state index is 0.0826. The van der Waals surface area contributed by atoms with Gasteiger partial charge in [-0.3, -0.25) is 9.36 Å². The molecule has 2 atom stereocenters. The Morgan fingerprint density at radius 1 is 0.806 bits per heavy atom. The van der Waals surface area contributed by atoms with E-state index in [2.05, 4.69) is 0 Å². The summed E-state index contributed by atoms with van der Waals surface area (Å²) in [6.07, 6.45) is 0.641. The van der Waals surface area contributed by atoms with Gasteiger partial charge in [-0.2, -0.15) is 0 Å². The van der Waals surface area contributed by atoms with Crippen molar-refractivity contribution in [3.63, 3.8) is 0 Å². The number of carbonyl (C=O) groups excluding carboxylic acids is 1. The smallest absolute Gasteiger partial charge is 0.336 e. The van der Waals surface area contributed by atoms with E-state index >= 15 is 0 Å². The molecule has 2 aliphatic heterocycles. The molecule has 7 rings (SSSR count). The van der Waals surface area contributed by atoms with Gasteiger partial charge in [-0.05, 0) is 41.1 Å². The summed E-state index contributed by atoms with van der Waals surface area (Å²) in [6, 6.07) is 30.7. The molecule has 2 bridgehead atoms. The van der Waals surface area contributed by atoms with E-state index in [4.69, 9.17) is 0 Å². The first-order chi connectivity index (χ1) is 17.6. The van der Waals surface area contributed by atoms with Crippen LogP contribution < -0.4 is 5.69 Å². The SMILES string of the molecule is O=C(c1ccc(-c2ccccc2)cc1)N1C[C@@H]2C[C@H]1c1c(O)n(-c3cccc4ccccc34)c(=O)n12. The fourth-order valence-corrected chi connectivity index (χ4v) is 5.89. The zero-order valence-corrected chi connectivity index (χ0v) is 19.4. The lowest BCUT2D eigenvalue weighted by atomic mass is 10.0. The van der Waals surface area contributed by atoms with E-state index in [0.717, 1.165) is 21.9 Å². The van der Waals surface area contributed by atoms with E-state index in [1.54, 1.807) is 9.47 Å². The van der Waals surface area contributed by atoms with Crippen LogP contribution in [0.25, 0.3) is 27.6 Å². The van der Waals surface area contributed by atoms with E-state index in [-0.39, 0.29) is 29.6 Å². The number of amides is 1. The topological polar surface area (TPSA) is 67.5 Å². The Balaban J connectivity index is 1.25. The lowest BCUT2D eigenvalue weighted by Gasteiger charge is -2.27. The van der Waals surface area contributed by atoms with Gasteiger partial charge in [0.05, 0.1) is 17.8 Å². The number of hydrogen-bond acceptors (Lipinski definition) is 3. The summed E-state index contributed by atoms with van der Waals surface area (Å²) >= 11 is 0. The maximum Gasteiger partial charge on any atom is 0.336 e. The highest BCUT2D eigenvalue weighted by molar-refractivity contribution is 5.95. The Bertz CT molecular complexity index is 1690. The number of fused-ring (bicyclic) bond motifs is 6. The molecule has 0 saturated carbocycles. The third-order valence-electron chi connectivity index (χ3n) is 7.56. The predicted octanol–water partition coefficient (Wildman–Crippen LogP) is 5.31. The van der Waals surface area contributed by atoms with Crippen molar-refractivity contribution in [3.8, 4) is 22.7 Å². The fraction of sp³-hybridized carbons (Fsp3) is 0.133. The number of nitrogens with zero attached hydrogens (tertiary/aromatic N) is 3. The molecule has 1 amide bonds. The van der Waals surface area contributed by atoms with Crippen LogP contribution in [0.2, 0.25) is 0 Å². The summed E-state index contributed by atoms with van der Waals surface area (Å²) in [4.78, 5) is 28.8. The quantitative estimate of drug-likeness (QED) is 0.386. The minimum atomic E-state index is -0.333. The highest BCUT2D eigenvalue weighted by Gasteiger charge is 2.49. The standard InChI is InChI=1S/C30H23N3O3/c34-28(22-15-13-20(14-16-22)19-7-2-1-3-8-19)31-18-23-17-26(31)27-29(35)33(30(36)32(23)27)25-12-6-10-21-9-4-5-11-24(21)25/h1-16,23,26,35H,17-18H2/t23-,26-/m0/s1. The first-order valence-electron chi connectivity index (χ1n) is 12.1. The molecular weight excluding hydrogens is 450 g/mol. The molecule has 2 aliphatic rings. The lowest BCUT2D eigenvalue weighted by Crippen LogP contribution is -2.37. The van der Waals surface area contributed by atoms with Crippen LogP contribution in [0, 0.1) is 0 Å². The van der Waals surface area contributed by atoms with Gasteiger partial charge in [0.15, 0.2) is 0 Å². The molecule has 176 valence electrons. The molecule has 6 heteroatoms. The second-order valence-electron chi connectivity index (χ2n) is 9.50. The molecule has 1 fully saturated rings. The van der Waals surface area contributed by atoms with Gasteiger partial charge in [-0.15, -0.1) is 0 Å². The van der Waals surface area contributed by atoms with Crippen LogP contribution in [0.15, 0.2) is 102 Å². The third-order valence-corrected chi connectivity index (χ3v) is 7.56. The Kier molecular flexibility index (Phi) is 4.45. The molecule has 0 radical (unpaired) electrons. The molecule has 3 heterocycles. The van der Waals surface area contributed by atoms with Gasteiger partial charge in [0.2, 0.25) is 5.88 Å². The zero-order valence-electron chi connectivity index (χ0n) is 19.4. The molecule has 1 saturated heterocycles. The van der Waals surface area contributed by atoms with E-state index < -0.39 is 0 Å². The maximum atomic E-state index is 13.5. The van der Waals surface area contributed by atoms with Crippen molar-refractivity contribution in [2.75, 3.05) is 6.54 Å². The highest BCUT2D eigenvalue weighted by Crippen LogP contribution is 2.49. The summed E-state index contributed by atoms with van der Waals surface area (Å²) in [6.45, 7) is 0.454. The van der Waals surface area contributed by atoms with Crippen molar-refractivity contribution in [2.24, 2.45) is 0 Å². The number of aromatic hydroxyl groups is 1. The predicted molar refractivity (Wildman–Crippen MR) is 139 cm³/mol. The molecular formula is C30H23N3O3. The van der Waals surface area contributed by atoms with Crippen LogP contribution >= 0.6 is 0 Å². The molecule has 1 aromatic heterocycles. The normalized spacial score (nSPS) is 18.1. The largest absolute Gasteiger partial charge is 0.493 e. The van der Waals surface area contributed by atoms with Crippen LogP contribution in [0.4, 0.5) is 0 Å². The summed E-state index contributed by atoms with van der Waals surface area (Å²) < 4.78 is 3.07. The molecule has 0 unspecified atom stereocenters. The van der Waals surface area contributed by atoms with Crippen LogP contribution in [-0.4, -0.2) is 31.6 Å². The van der Waals surface area contributed by atoms with Gasteiger partial charge in [0.1, 0.15) is 5.69 Å². The van der Waals surface area contributed by atoms with Crippen molar-refractivity contribution in [1.29, 1.82) is 0 Å². The van der Waals surface area contributed by atoms with Crippen molar-refractivity contribution in [2.45, 2.75) is 18.5 Å². The second-order valence-corrected chi connectivity index (χ2v) is 9.50. The molecule has 5 aromatic rings. The van der Waals surface area contributed by atoms with E-state index in [1.165, 1.54) is 4.57 Å². The molecule has 0 spiro atoms. The number of hydrogen-bond donors (Lipinski definition) is 1. The molecule has 1 N–H and O–H groups in total. The number of rotatable bonds is 3. The molecule has 4 aromatic carbocycles. The molecule has 0 aliphatic carbocycles. The van der Waals surface area contributed by atoms with Crippen LogP contribution in [-0.2, 0) is 0 Å². The monoisotopic (exact) mass is 473 g/mol. The number of likely N-dealkylation sites (tertiary alicyclic amines) is 1. The first kappa shape index (κ1) is 20.8. The summed E-state index contributed by atoms with van der Waals surface area (Å²) in [5.41, 5.74) is 3.66. The average Bonchev–Trinajstić information content (AvgIpc) is 3.60. The second kappa shape index (κ2) is 7.71. The van der Waals surface area contributed by atoms with Crippen LogP contribution in [0.5, 0.6) is 5.88 Å². The summed E-state index contributed by atoms with van der Waals surface area (Å²) in [5.74, 6) is -0.168. The van der Waals surface area contributed by atoms with E-state index in [1.807, 2.05) is 97.1 Å². The van der Waals surface area contributed by atoms with Gasteiger partial charge in [0.25, 0.3) is 5.91 Å². The Hall–Kier alpha value is -4.58. The third kappa shape index (κ3) is 2.91. The lowest BCUT2D eigenvalue weighted by molar-refractivity contribution is 0.0711.